The molecular weight excluding hydrogens is 415 g/mol. The highest BCUT2D eigenvalue weighted by Crippen LogP contribution is 2.31. The molecule has 0 heterocycles. The maximum Gasteiger partial charge on any atom is 0.418 e. The maximum atomic E-state index is 12.3. The van der Waals surface area contributed by atoms with Gasteiger partial charge in [-0.05, 0) is 99.6 Å². The first-order valence-corrected chi connectivity index (χ1v) is 13.4. The monoisotopic (exact) mass is 450 g/mol. The normalized spacial score (nSPS) is 16.7. The smallest absolute Gasteiger partial charge is 0.418 e. The Bertz CT molecular complexity index is 848. The molecule has 32 heavy (non-hydrogen) atoms. The molecule has 3 nitrogen and oxygen atoms in total. The molecule has 0 bridgehead atoms. The molecule has 170 valence electrons. The number of hydrogen-bond donors (Lipinski definition) is 0. The highest BCUT2D eigenvalue weighted by atomic mass is 31.1. The summed E-state index contributed by atoms with van der Waals surface area (Å²) in [6, 6.07) is 15.7. The molecule has 2 saturated carbocycles. The van der Waals surface area contributed by atoms with Gasteiger partial charge in [-0.25, -0.2) is 4.57 Å². The Morgan fingerprint density at radius 3 is 1.34 bits per heavy atom. The predicted molar refractivity (Wildman–Crippen MR) is 133 cm³/mol. The first-order chi connectivity index (χ1) is 15.7. The zero-order chi connectivity index (χ0) is 22.0. The third-order valence-corrected chi connectivity index (χ3v) is 7.30. The average molecular weight is 451 g/mol. The minimum Gasteiger partial charge on any atom is -0.418 e. The van der Waals surface area contributed by atoms with Gasteiger partial charge in [0.1, 0.15) is 11.5 Å². The van der Waals surface area contributed by atoms with Gasteiger partial charge in [-0.2, -0.15) is 0 Å². The van der Waals surface area contributed by atoms with Crippen LogP contribution in [-0.4, -0.2) is 0 Å². The lowest BCUT2D eigenvalue weighted by Gasteiger charge is -2.13. The Balaban J connectivity index is 1.23. The minimum absolute atomic E-state index is 0.582. The molecule has 4 rings (SSSR count). The van der Waals surface area contributed by atoms with Gasteiger partial charge in [0.05, 0.1) is 0 Å². The van der Waals surface area contributed by atoms with Gasteiger partial charge in [0, 0.05) is 0 Å². The Hall–Kier alpha value is -2.25. The van der Waals surface area contributed by atoms with Gasteiger partial charge in [-0.15, -0.1) is 0 Å². The molecule has 0 saturated heterocycles. The van der Waals surface area contributed by atoms with Crippen molar-refractivity contribution in [1.82, 2.24) is 0 Å². The van der Waals surface area contributed by atoms with Crippen molar-refractivity contribution in [2.24, 2.45) is 0 Å². The fourth-order valence-electron chi connectivity index (χ4n) is 4.54. The highest BCUT2D eigenvalue weighted by molar-refractivity contribution is 7.34. The number of rotatable bonds is 8. The van der Waals surface area contributed by atoms with Gasteiger partial charge in [-0.1, -0.05) is 60.4 Å². The van der Waals surface area contributed by atoms with Crippen LogP contribution in [0.25, 0.3) is 0 Å². The Morgan fingerprint density at radius 2 is 0.969 bits per heavy atom. The van der Waals surface area contributed by atoms with Crippen molar-refractivity contribution in [1.29, 1.82) is 0 Å². The summed E-state index contributed by atoms with van der Waals surface area (Å²) < 4.78 is 23.4. The van der Waals surface area contributed by atoms with Crippen LogP contribution in [0, 0.1) is 0 Å². The van der Waals surface area contributed by atoms with Crippen molar-refractivity contribution in [3.05, 3.63) is 83.0 Å². The zero-order valence-corrected chi connectivity index (χ0v) is 20.0. The lowest BCUT2D eigenvalue weighted by atomic mass is 9.93. The molecule has 2 fully saturated rings. The summed E-state index contributed by atoms with van der Waals surface area (Å²) in [6.07, 6.45) is 19.7. The van der Waals surface area contributed by atoms with Crippen molar-refractivity contribution >= 4 is 8.25 Å². The van der Waals surface area contributed by atoms with Crippen molar-refractivity contribution in [2.45, 2.75) is 77.0 Å². The van der Waals surface area contributed by atoms with Crippen LogP contribution in [0.15, 0.2) is 71.8 Å². The Morgan fingerprint density at radius 1 is 0.594 bits per heavy atom. The summed E-state index contributed by atoms with van der Waals surface area (Å²) in [4.78, 5) is 0. The van der Waals surface area contributed by atoms with E-state index in [1.54, 1.807) is 11.1 Å². The molecule has 2 aromatic carbocycles. The van der Waals surface area contributed by atoms with Crippen LogP contribution in [0.3, 0.4) is 0 Å². The molecule has 2 aliphatic carbocycles. The molecule has 0 N–H and O–H groups in total. The quantitative estimate of drug-likeness (QED) is 0.299. The molecule has 0 aromatic heterocycles. The van der Waals surface area contributed by atoms with Crippen LogP contribution in [0.1, 0.15) is 75.3 Å². The Kier molecular flexibility index (Phi) is 8.68. The van der Waals surface area contributed by atoms with E-state index in [0.717, 1.165) is 12.8 Å². The van der Waals surface area contributed by atoms with E-state index < -0.39 is 8.25 Å². The molecule has 0 radical (unpaired) electrons. The van der Waals surface area contributed by atoms with E-state index in [9.17, 15) is 4.57 Å². The fourth-order valence-corrected chi connectivity index (χ4v) is 5.24. The van der Waals surface area contributed by atoms with Crippen LogP contribution in [0.2, 0.25) is 0 Å². The fraction of sp³-hybridized carbons (Fsp3) is 0.429. The van der Waals surface area contributed by atoms with Gasteiger partial charge in [0.15, 0.2) is 0 Å². The van der Waals surface area contributed by atoms with E-state index in [4.69, 9.17) is 9.05 Å². The molecule has 2 aromatic rings. The van der Waals surface area contributed by atoms with E-state index in [0.29, 0.717) is 11.5 Å². The highest BCUT2D eigenvalue weighted by Gasteiger charge is 2.07. The lowest BCUT2D eigenvalue weighted by Crippen LogP contribution is -1.95. The number of benzene rings is 2. The van der Waals surface area contributed by atoms with Crippen molar-refractivity contribution in [3.63, 3.8) is 0 Å². The summed E-state index contributed by atoms with van der Waals surface area (Å²) in [5.41, 5.74) is 5.67. The maximum absolute atomic E-state index is 12.3. The number of allylic oxidation sites excluding steroid dienone is 4. The molecular formula is C28H35O3P. The van der Waals surface area contributed by atoms with E-state index >= 15 is 0 Å². The topological polar surface area (TPSA) is 35.5 Å². The van der Waals surface area contributed by atoms with Crippen molar-refractivity contribution in [3.8, 4) is 11.5 Å². The van der Waals surface area contributed by atoms with Gasteiger partial charge in [0.25, 0.3) is 0 Å². The summed E-state index contributed by atoms with van der Waals surface area (Å²) >= 11 is 0. The Labute approximate surface area is 193 Å². The van der Waals surface area contributed by atoms with Crippen LogP contribution < -0.4 is 9.05 Å². The molecule has 0 unspecified atom stereocenters. The molecule has 0 aliphatic heterocycles. The molecule has 0 spiro atoms. The van der Waals surface area contributed by atoms with Crippen LogP contribution >= 0.6 is 8.25 Å². The summed E-state index contributed by atoms with van der Waals surface area (Å²) in [7, 11) is -2.65. The molecule has 2 aliphatic rings. The number of hydrogen-bond acceptors (Lipinski definition) is 3. The third-order valence-electron chi connectivity index (χ3n) is 6.49. The SMILES string of the molecule is O=[PH](Oc1ccc(CC=C2CCCCC2)cc1)Oc1ccc(CC=C2CCCCC2)cc1. The van der Waals surface area contributed by atoms with Crippen LogP contribution in [0.4, 0.5) is 0 Å². The van der Waals surface area contributed by atoms with Crippen LogP contribution in [0.5, 0.6) is 11.5 Å². The summed E-state index contributed by atoms with van der Waals surface area (Å²) in [5, 5.41) is 0. The van der Waals surface area contributed by atoms with Gasteiger partial charge in [0.2, 0.25) is 0 Å². The standard InChI is InChI=1S/C28H35O3P/c29-32(30-27-19-15-25(16-20-27)13-11-23-7-3-1-4-8-23)31-28-21-17-26(18-22-28)14-12-24-9-5-2-6-10-24/h11-12,15-22,32H,1-10,13-14H2. The second kappa shape index (κ2) is 12.1. The van der Waals surface area contributed by atoms with E-state index in [1.165, 1.54) is 75.3 Å². The zero-order valence-electron chi connectivity index (χ0n) is 19.0. The first-order valence-electron chi connectivity index (χ1n) is 12.2. The van der Waals surface area contributed by atoms with Crippen molar-refractivity contribution in [2.75, 3.05) is 0 Å². The molecule has 4 heteroatoms. The van der Waals surface area contributed by atoms with Crippen molar-refractivity contribution < 1.29 is 13.6 Å². The first kappa shape index (κ1) is 22.9. The van der Waals surface area contributed by atoms with E-state index in [2.05, 4.69) is 12.2 Å². The predicted octanol–water partition coefficient (Wildman–Crippen LogP) is 8.40. The summed E-state index contributed by atoms with van der Waals surface area (Å²) in [6.45, 7) is 0. The second-order valence-electron chi connectivity index (χ2n) is 9.00. The molecule has 0 atom stereocenters. The minimum atomic E-state index is -2.65. The third kappa shape index (κ3) is 7.41. The van der Waals surface area contributed by atoms with Gasteiger partial charge < -0.3 is 9.05 Å². The largest absolute Gasteiger partial charge is 0.418 e. The van der Waals surface area contributed by atoms with Gasteiger partial charge in [-0.3, -0.25) is 0 Å². The second-order valence-corrected chi connectivity index (χ2v) is 9.90. The molecule has 0 amide bonds. The van der Waals surface area contributed by atoms with Gasteiger partial charge >= 0.3 is 8.25 Å². The van der Waals surface area contributed by atoms with Crippen LogP contribution in [-0.2, 0) is 17.4 Å². The lowest BCUT2D eigenvalue weighted by molar-refractivity contribution is 0.415. The summed E-state index contributed by atoms with van der Waals surface area (Å²) in [5.74, 6) is 1.16. The van der Waals surface area contributed by atoms with E-state index in [1.807, 2.05) is 48.5 Å². The average Bonchev–Trinajstić information content (AvgIpc) is 2.84. The van der Waals surface area contributed by atoms with E-state index in [-0.39, 0.29) is 0 Å².